The van der Waals surface area contributed by atoms with Crippen LogP contribution in [0.4, 0.5) is 5.69 Å². The normalized spacial score (nSPS) is 22.9. The molecule has 1 aliphatic rings. The van der Waals surface area contributed by atoms with Gasteiger partial charge in [0, 0.05) is 30.9 Å². The highest BCUT2D eigenvalue weighted by atomic mass is 16.2. The van der Waals surface area contributed by atoms with Gasteiger partial charge in [0.25, 0.3) is 0 Å². The van der Waals surface area contributed by atoms with Crippen molar-refractivity contribution >= 4 is 17.7 Å². The van der Waals surface area contributed by atoms with Crippen LogP contribution in [0.15, 0.2) is 30.3 Å². The molecule has 1 amide bonds. The fraction of sp³-hybridized carbons (Fsp3) is 0.438. The second-order valence-electron chi connectivity index (χ2n) is 5.75. The Morgan fingerprint density at radius 2 is 2.15 bits per heavy atom. The number of nitrogens with zero attached hydrogens (tertiary/aromatic N) is 2. The lowest BCUT2D eigenvalue weighted by molar-refractivity contribution is -0.125. The molecule has 0 aromatic heterocycles. The summed E-state index contributed by atoms with van der Waals surface area (Å²) in [6.45, 7) is 3.82. The summed E-state index contributed by atoms with van der Waals surface area (Å²) in [7, 11) is 4.13. The number of likely N-dealkylation sites (tertiary alicyclic amines) is 1. The molecular weight excluding hydrogens is 250 g/mol. The first-order valence-corrected chi connectivity index (χ1v) is 6.96. The van der Waals surface area contributed by atoms with Gasteiger partial charge >= 0.3 is 0 Å². The van der Waals surface area contributed by atoms with Crippen molar-refractivity contribution in [3.05, 3.63) is 35.9 Å². The SMILES string of the molecule is CC1CN(C(=O)/C=C/c2cccc(N)c2)CC1N(C)C. The minimum Gasteiger partial charge on any atom is -0.399 e. The number of likely N-dealkylation sites (N-methyl/N-ethyl adjacent to an activating group) is 1. The Labute approximate surface area is 120 Å². The van der Waals surface area contributed by atoms with Gasteiger partial charge in [-0.3, -0.25) is 4.79 Å². The van der Waals surface area contributed by atoms with Crippen LogP contribution >= 0.6 is 0 Å². The van der Waals surface area contributed by atoms with E-state index in [0.717, 1.165) is 18.7 Å². The molecule has 1 heterocycles. The van der Waals surface area contributed by atoms with Crippen LogP contribution in [0.3, 0.4) is 0 Å². The van der Waals surface area contributed by atoms with Crippen molar-refractivity contribution in [2.24, 2.45) is 5.92 Å². The van der Waals surface area contributed by atoms with Gasteiger partial charge in [-0.05, 0) is 43.8 Å². The Bertz CT molecular complexity index is 510. The molecule has 108 valence electrons. The van der Waals surface area contributed by atoms with Crippen molar-refractivity contribution in [2.75, 3.05) is 32.9 Å². The number of hydrogen-bond donors (Lipinski definition) is 1. The molecule has 0 bridgehead atoms. The van der Waals surface area contributed by atoms with Crippen LogP contribution in [0.2, 0.25) is 0 Å². The average Bonchev–Trinajstić information content (AvgIpc) is 2.78. The molecule has 2 rings (SSSR count). The van der Waals surface area contributed by atoms with Crippen LogP contribution in [0.25, 0.3) is 6.08 Å². The molecule has 1 aliphatic heterocycles. The van der Waals surface area contributed by atoms with Crippen molar-refractivity contribution in [1.29, 1.82) is 0 Å². The van der Waals surface area contributed by atoms with Crippen LogP contribution in [-0.4, -0.2) is 48.9 Å². The molecule has 2 N–H and O–H groups in total. The van der Waals surface area contributed by atoms with Gasteiger partial charge in [0.1, 0.15) is 0 Å². The molecule has 0 radical (unpaired) electrons. The summed E-state index contributed by atoms with van der Waals surface area (Å²) in [5.41, 5.74) is 7.39. The molecule has 0 aliphatic carbocycles. The first-order chi connectivity index (χ1) is 9.47. The number of benzene rings is 1. The number of hydrogen-bond acceptors (Lipinski definition) is 3. The van der Waals surface area contributed by atoms with E-state index >= 15 is 0 Å². The maximum absolute atomic E-state index is 12.2. The predicted octanol–water partition coefficient (Wildman–Crippen LogP) is 1.69. The average molecular weight is 273 g/mol. The fourth-order valence-corrected chi connectivity index (χ4v) is 2.74. The summed E-state index contributed by atoms with van der Waals surface area (Å²) >= 11 is 0. The highest BCUT2D eigenvalue weighted by Gasteiger charge is 2.32. The van der Waals surface area contributed by atoms with Crippen molar-refractivity contribution in [1.82, 2.24) is 9.80 Å². The fourth-order valence-electron chi connectivity index (χ4n) is 2.74. The molecule has 1 aromatic rings. The zero-order valence-corrected chi connectivity index (χ0v) is 12.4. The quantitative estimate of drug-likeness (QED) is 0.673. The zero-order valence-electron chi connectivity index (χ0n) is 12.4. The second kappa shape index (κ2) is 6.09. The van der Waals surface area contributed by atoms with Gasteiger partial charge in [-0.1, -0.05) is 19.1 Å². The van der Waals surface area contributed by atoms with Crippen molar-refractivity contribution < 1.29 is 4.79 Å². The number of amides is 1. The first-order valence-electron chi connectivity index (χ1n) is 6.96. The van der Waals surface area contributed by atoms with Crippen LogP contribution < -0.4 is 5.73 Å². The number of nitrogen functional groups attached to an aromatic ring is 1. The van der Waals surface area contributed by atoms with Crippen molar-refractivity contribution in [2.45, 2.75) is 13.0 Å². The standard InChI is InChI=1S/C16H23N3O/c1-12-10-19(11-15(12)18(2)3)16(20)8-7-13-5-4-6-14(17)9-13/h4-9,12,15H,10-11,17H2,1-3H3/b8-7+. The van der Waals surface area contributed by atoms with E-state index in [9.17, 15) is 4.79 Å². The molecule has 4 heteroatoms. The van der Waals surface area contributed by atoms with Gasteiger partial charge < -0.3 is 15.5 Å². The topological polar surface area (TPSA) is 49.6 Å². The van der Waals surface area contributed by atoms with Crippen molar-refractivity contribution in [3.63, 3.8) is 0 Å². The van der Waals surface area contributed by atoms with Gasteiger partial charge in [-0.25, -0.2) is 0 Å². The van der Waals surface area contributed by atoms with E-state index in [1.807, 2.05) is 35.2 Å². The first kappa shape index (κ1) is 14.6. The molecule has 2 unspecified atom stereocenters. The van der Waals surface area contributed by atoms with E-state index in [-0.39, 0.29) is 5.91 Å². The zero-order chi connectivity index (χ0) is 14.7. The summed E-state index contributed by atoms with van der Waals surface area (Å²) in [6, 6.07) is 7.97. The van der Waals surface area contributed by atoms with Gasteiger partial charge in [0.05, 0.1) is 0 Å². The molecule has 2 atom stereocenters. The summed E-state index contributed by atoms with van der Waals surface area (Å²) in [6.07, 6.45) is 3.46. The van der Waals surface area contributed by atoms with Crippen molar-refractivity contribution in [3.8, 4) is 0 Å². The monoisotopic (exact) mass is 273 g/mol. The molecule has 1 fully saturated rings. The summed E-state index contributed by atoms with van der Waals surface area (Å²) < 4.78 is 0. The maximum Gasteiger partial charge on any atom is 0.246 e. The van der Waals surface area contributed by atoms with E-state index in [0.29, 0.717) is 17.6 Å². The lowest BCUT2D eigenvalue weighted by Crippen LogP contribution is -2.35. The summed E-state index contributed by atoms with van der Waals surface area (Å²) in [4.78, 5) is 16.3. The minimum absolute atomic E-state index is 0.0728. The second-order valence-corrected chi connectivity index (χ2v) is 5.75. The molecule has 0 spiro atoms. The van der Waals surface area contributed by atoms with Gasteiger partial charge in [-0.15, -0.1) is 0 Å². The third-order valence-corrected chi connectivity index (χ3v) is 3.88. The number of carbonyl (C=O) groups excluding carboxylic acids is 1. The summed E-state index contributed by atoms with van der Waals surface area (Å²) in [5.74, 6) is 0.582. The largest absolute Gasteiger partial charge is 0.399 e. The number of rotatable bonds is 3. The highest BCUT2D eigenvalue weighted by molar-refractivity contribution is 5.92. The van der Waals surface area contributed by atoms with Crippen LogP contribution in [0.5, 0.6) is 0 Å². The molecule has 4 nitrogen and oxygen atoms in total. The number of carbonyl (C=O) groups is 1. The molecular formula is C16H23N3O. The summed E-state index contributed by atoms with van der Waals surface area (Å²) in [5, 5.41) is 0. The Hall–Kier alpha value is -1.81. The Kier molecular flexibility index (Phi) is 4.45. The maximum atomic E-state index is 12.2. The van der Waals surface area contributed by atoms with Crippen LogP contribution in [-0.2, 0) is 4.79 Å². The third kappa shape index (κ3) is 3.39. The van der Waals surface area contributed by atoms with Crippen LogP contribution in [0, 0.1) is 5.92 Å². The molecule has 0 saturated carbocycles. The number of nitrogens with two attached hydrogens (primary N) is 1. The Morgan fingerprint density at radius 3 is 2.75 bits per heavy atom. The highest BCUT2D eigenvalue weighted by Crippen LogP contribution is 2.20. The van der Waals surface area contributed by atoms with E-state index < -0.39 is 0 Å². The number of anilines is 1. The minimum atomic E-state index is 0.0728. The Balaban J connectivity index is 1.99. The van der Waals surface area contributed by atoms with E-state index in [1.165, 1.54) is 0 Å². The lowest BCUT2D eigenvalue weighted by atomic mass is 10.1. The molecule has 1 aromatic carbocycles. The Morgan fingerprint density at radius 1 is 1.40 bits per heavy atom. The van der Waals surface area contributed by atoms with Gasteiger partial charge in [0.2, 0.25) is 5.91 Å². The molecule has 20 heavy (non-hydrogen) atoms. The van der Waals surface area contributed by atoms with E-state index in [4.69, 9.17) is 5.73 Å². The predicted molar refractivity (Wildman–Crippen MR) is 83.1 cm³/mol. The third-order valence-electron chi connectivity index (χ3n) is 3.88. The van der Waals surface area contributed by atoms with Gasteiger partial charge in [0.15, 0.2) is 0 Å². The van der Waals surface area contributed by atoms with Gasteiger partial charge in [-0.2, -0.15) is 0 Å². The molecule has 1 saturated heterocycles. The van der Waals surface area contributed by atoms with E-state index in [2.05, 4.69) is 25.9 Å². The lowest BCUT2D eigenvalue weighted by Gasteiger charge is -2.22. The van der Waals surface area contributed by atoms with E-state index in [1.54, 1.807) is 6.08 Å². The smallest absolute Gasteiger partial charge is 0.246 e. The van der Waals surface area contributed by atoms with Crippen LogP contribution in [0.1, 0.15) is 12.5 Å².